The zero-order chi connectivity index (χ0) is 16.2. The highest BCUT2D eigenvalue weighted by atomic mass is 35.5. The minimum absolute atomic E-state index is 0.163. The van der Waals surface area contributed by atoms with Crippen molar-refractivity contribution in [3.63, 3.8) is 0 Å². The van der Waals surface area contributed by atoms with Gasteiger partial charge in [0.1, 0.15) is 0 Å². The van der Waals surface area contributed by atoms with Crippen LogP contribution in [-0.2, 0) is 6.54 Å². The number of carbonyl (C=O) groups is 1. The van der Waals surface area contributed by atoms with Gasteiger partial charge in [0.05, 0.1) is 17.5 Å². The topological polar surface area (TPSA) is 57.8 Å². The number of aryl methyl sites for hydroxylation is 1. The maximum atomic E-state index is 12.4. The Kier molecular flexibility index (Phi) is 4.44. The molecule has 0 unspecified atom stereocenters. The Morgan fingerprint density at radius 3 is 2.52 bits per heavy atom. The van der Waals surface area contributed by atoms with E-state index in [1.54, 1.807) is 12.1 Å². The first-order chi connectivity index (χ1) is 11.1. The van der Waals surface area contributed by atoms with Crippen molar-refractivity contribution in [3.8, 4) is 11.3 Å². The van der Waals surface area contributed by atoms with Crippen LogP contribution in [0.5, 0.6) is 0 Å². The Morgan fingerprint density at radius 1 is 1.13 bits per heavy atom. The van der Waals surface area contributed by atoms with Gasteiger partial charge in [0, 0.05) is 17.1 Å². The summed E-state index contributed by atoms with van der Waals surface area (Å²) < 4.78 is 0. The first-order valence-corrected chi connectivity index (χ1v) is 7.64. The number of rotatable bonds is 4. The number of nitrogens with zero attached hydrogens (tertiary/aromatic N) is 1. The average molecular weight is 326 g/mol. The van der Waals surface area contributed by atoms with Gasteiger partial charge >= 0.3 is 0 Å². The van der Waals surface area contributed by atoms with Crippen LogP contribution in [0.2, 0.25) is 5.02 Å². The predicted octanol–water partition coefficient (Wildman–Crippen LogP) is 3.97. The molecule has 0 fully saturated rings. The highest BCUT2D eigenvalue weighted by molar-refractivity contribution is 6.30. The van der Waals surface area contributed by atoms with E-state index in [1.807, 2.05) is 43.3 Å². The molecule has 0 saturated heterocycles. The van der Waals surface area contributed by atoms with E-state index in [-0.39, 0.29) is 5.91 Å². The van der Waals surface area contributed by atoms with E-state index in [0.717, 1.165) is 11.1 Å². The second-order valence-electron chi connectivity index (χ2n) is 5.33. The van der Waals surface area contributed by atoms with Crippen LogP contribution in [0.1, 0.15) is 21.5 Å². The van der Waals surface area contributed by atoms with Crippen molar-refractivity contribution >= 4 is 17.5 Å². The molecule has 1 heterocycles. The van der Waals surface area contributed by atoms with E-state index >= 15 is 0 Å². The number of aromatic nitrogens is 2. The van der Waals surface area contributed by atoms with Gasteiger partial charge < -0.3 is 5.32 Å². The van der Waals surface area contributed by atoms with Crippen molar-refractivity contribution in [2.75, 3.05) is 0 Å². The lowest BCUT2D eigenvalue weighted by atomic mass is 10.1. The van der Waals surface area contributed by atoms with Crippen LogP contribution in [0.25, 0.3) is 11.3 Å². The molecule has 3 rings (SSSR count). The fourth-order valence-corrected chi connectivity index (χ4v) is 2.40. The van der Waals surface area contributed by atoms with Gasteiger partial charge in [-0.15, -0.1) is 0 Å². The van der Waals surface area contributed by atoms with Gasteiger partial charge in [0.15, 0.2) is 0 Å². The standard InChI is InChI=1S/C18H16ClN3O/c1-12-2-4-13(5-3-12)10-20-18(23)16-11-21-22-17(16)14-6-8-15(19)9-7-14/h2-9,11H,10H2,1H3,(H,20,23)(H,21,22). The van der Waals surface area contributed by atoms with Crippen LogP contribution in [0, 0.1) is 6.92 Å². The zero-order valence-electron chi connectivity index (χ0n) is 12.6. The Morgan fingerprint density at radius 2 is 1.83 bits per heavy atom. The normalized spacial score (nSPS) is 10.5. The highest BCUT2D eigenvalue weighted by Crippen LogP contribution is 2.22. The molecule has 0 bridgehead atoms. The molecule has 1 aromatic heterocycles. The molecule has 4 nitrogen and oxygen atoms in total. The predicted molar refractivity (Wildman–Crippen MR) is 91.4 cm³/mol. The first-order valence-electron chi connectivity index (χ1n) is 7.26. The first kappa shape index (κ1) is 15.3. The number of benzene rings is 2. The minimum Gasteiger partial charge on any atom is -0.348 e. The number of aromatic amines is 1. The van der Waals surface area contributed by atoms with Crippen LogP contribution in [0.4, 0.5) is 0 Å². The average Bonchev–Trinajstić information content (AvgIpc) is 3.04. The summed E-state index contributed by atoms with van der Waals surface area (Å²) in [6.07, 6.45) is 1.54. The van der Waals surface area contributed by atoms with E-state index in [1.165, 1.54) is 11.8 Å². The van der Waals surface area contributed by atoms with Gasteiger partial charge in [-0.2, -0.15) is 5.10 Å². The summed E-state index contributed by atoms with van der Waals surface area (Å²) in [6.45, 7) is 2.51. The molecule has 2 aromatic carbocycles. The monoisotopic (exact) mass is 325 g/mol. The third-order valence-electron chi connectivity index (χ3n) is 3.59. The molecule has 3 aromatic rings. The molecule has 1 amide bonds. The minimum atomic E-state index is -0.163. The molecule has 0 atom stereocenters. The van der Waals surface area contributed by atoms with Crippen LogP contribution in [0.3, 0.4) is 0 Å². The molecular formula is C18H16ClN3O. The maximum absolute atomic E-state index is 12.4. The molecule has 0 spiro atoms. The van der Waals surface area contributed by atoms with Crippen molar-refractivity contribution in [3.05, 3.63) is 76.4 Å². The van der Waals surface area contributed by atoms with Crippen molar-refractivity contribution in [1.29, 1.82) is 0 Å². The summed E-state index contributed by atoms with van der Waals surface area (Å²) in [4.78, 5) is 12.4. The third kappa shape index (κ3) is 3.60. The van der Waals surface area contributed by atoms with Crippen molar-refractivity contribution in [2.45, 2.75) is 13.5 Å². The molecule has 0 saturated carbocycles. The molecule has 2 N–H and O–H groups in total. The van der Waals surface area contributed by atoms with Crippen molar-refractivity contribution in [2.24, 2.45) is 0 Å². The number of H-pyrrole nitrogens is 1. The van der Waals surface area contributed by atoms with Gasteiger partial charge in [-0.25, -0.2) is 0 Å². The number of hydrogen-bond donors (Lipinski definition) is 2. The Labute approximate surface area is 139 Å². The summed E-state index contributed by atoms with van der Waals surface area (Å²) in [5.74, 6) is -0.163. The lowest BCUT2D eigenvalue weighted by Gasteiger charge is -2.06. The number of halogens is 1. The van der Waals surface area contributed by atoms with Gasteiger partial charge in [0.2, 0.25) is 0 Å². The van der Waals surface area contributed by atoms with Gasteiger partial charge in [0.25, 0.3) is 5.91 Å². The maximum Gasteiger partial charge on any atom is 0.255 e. The van der Waals surface area contributed by atoms with E-state index in [2.05, 4.69) is 15.5 Å². The lowest BCUT2D eigenvalue weighted by molar-refractivity contribution is 0.0951. The number of hydrogen-bond acceptors (Lipinski definition) is 2. The number of nitrogens with one attached hydrogen (secondary N) is 2. The highest BCUT2D eigenvalue weighted by Gasteiger charge is 2.15. The molecular weight excluding hydrogens is 310 g/mol. The molecule has 0 aliphatic rings. The molecule has 116 valence electrons. The van der Waals surface area contributed by atoms with Crippen LogP contribution in [0.15, 0.2) is 54.7 Å². The van der Waals surface area contributed by atoms with Crippen molar-refractivity contribution in [1.82, 2.24) is 15.5 Å². The largest absolute Gasteiger partial charge is 0.348 e. The van der Waals surface area contributed by atoms with E-state index in [9.17, 15) is 4.79 Å². The van der Waals surface area contributed by atoms with Gasteiger partial charge in [-0.05, 0) is 24.6 Å². The Hall–Kier alpha value is -2.59. The molecule has 5 heteroatoms. The number of amides is 1. The third-order valence-corrected chi connectivity index (χ3v) is 3.84. The van der Waals surface area contributed by atoms with Gasteiger partial charge in [-0.1, -0.05) is 53.6 Å². The van der Waals surface area contributed by atoms with E-state index < -0.39 is 0 Å². The Bertz CT molecular complexity index is 807. The SMILES string of the molecule is Cc1ccc(CNC(=O)c2cn[nH]c2-c2ccc(Cl)cc2)cc1. The van der Waals surface area contributed by atoms with Crippen LogP contribution < -0.4 is 5.32 Å². The molecule has 0 aliphatic heterocycles. The smallest absolute Gasteiger partial charge is 0.255 e. The summed E-state index contributed by atoms with van der Waals surface area (Å²) >= 11 is 5.90. The molecule has 23 heavy (non-hydrogen) atoms. The van der Waals surface area contributed by atoms with Crippen molar-refractivity contribution < 1.29 is 4.79 Å². The fraction of sp³-hybridized carbons (Fsp3) is 0.111. The zero-order valence-corrected chi connectivity index (χ0v) is 13.4. The fourth-order valence-electron chi connectivity index (χ4n) is 2.28. The molecule has 0 aliphatic carbocycles. The van der Waals surface area contributed by atoms with Gasteiger partial charge in [-0.3, -0.25) is 9.89 Å². The summed E-state index contributed by atoms with van der Waals surface area (Å²) in [6, 6.07) is 15.3. The Balaban J connectivity index is 1.74. The second kappa shape index (κ2) is 6.67. The lowest BCUT2D eigenvalue weighted by Crippen LogP contribution is -2.22. The summed E-state index contributed by atoms with van der Waals surface area (Å²) in [7, 11) is 0. The summed E-state index contributed by atoms with van der Waals surface area (Å²) in [5, 5.41) is 10.4. The van der Waals surface area contributed by atoms with E-state index in [4.69, 9.17) is 11.6 Å². The number of carbonyl (C=O) groups excluding carboxylic acids is 1. The van der Waals surface area contributed by atoms with Crippen LogP contribution >= 0.6 is 11.6 Å². The quantitative estimate of drug-likeness (QED) is 0.762. The molecule has 0 radical (unpaired) electrons. The second-order valence-corrected chi connectivity index (χ2v) is 5.77. The summed E-state index contributed by atoms with van der Waals surface area (Å²) in [5.41, 5.74) is 4.32. The van der Waals surface area contributed by atoms with Crippen LogP contribution in [-0.4, -0.2) is 16.1 Å². The van der Waals surface area contributed by atoms with E-state index in [0.29, 0.717) is 22.8 Å².